The highest BCUT2D eigenvalue weighted by molar-refractivity contribution is 5.42. The van der Waals surface area contributed by atoms with Crippen LogP contribution in [0.3, 0.4) is 0 Å². The van der Waals surface area contributed by atoms with E-state index in [2.05, 4.69) is 6.07 Å². The van der Waals surface area contributed by atoms with Gasteiger partial charge >= 0.3 is 0 Å². The van der Waals surface area contributed by atoms with Gasteiger partial charge in [-0.25, -0.2) is 0 Å². The van der Waals surface area contributed by atoms with E-state index in [0.717, 1.165) is 17.1 Å². The molecule has 0 aliphatic rings. The summed E-state index contributed by atoms with van der Waals surface area (Å²) < 4.78 is 10.8. The van der Waals surface area contributed by atoms with Crippen molar-refractivity contribution >= 4 is 0 Å². The molecule has 0 bridgehead atoms. The van der Waals surface area contributed by atoms with Crippen LogP contribution in [0.1, 0.15) is 19.4 Å². The molecule has 2 heteroatoms. The lowest BCUT2D eigenvalue weighted by Gasteiger charge is -2.10. The molecule has 0 N–H and O–H groups in total. The minimum Gasteiger partial charge on any atom is -0.493 e. The van der Waals surface area contributed by atoms with Gasteiger partial charge in [-0.2, -0.15) is 0 Å². The molecular weight excluding hydrogens is 164 g/mol. The minimum absolute atomic E-state index is 0.660. The van der Waals surface area contributed by atoms with Crippen LogP contribution in [0, 0.1) is 13.0 Å². The molecule has 0 fully saturated rings. The maximum absolute atomic E-state index is 5.42. The van der Waals surface area contributed by atoms with Crippen LogP contribution in [0.25, 0.3) is 0 Å². The molecule has 0 spiro atoms. The summed E-state index contributed by atoms with van der Waals surface area (Å²) in [5, 5.41) is 0. The van der Waals surface area contributed by atoms with Crippen LogP contribution in [0.4, 0.5) is 0 Å². The lowest BCUT2D eigenvalue weighted by molar-refractivity contribution is 0.318. The molecule has 1 rings (SSSR count). The van der Waals surface area contributed by atoms with E-state index in [4.69, 9.17) is 9.47 Å². The Labute approximate surface area is 79.5 Å². The molecule has 0 heterocycles. The van der Waals surface area contributed by atoms with Crippen LogP contribution in [0.15, 0.2) is 12.1 Å². The first-order valence-corrected chi connectivity index (χ1v) is 4.56. The number of benzene rings is 1. The third-order valence-electron chi connectivity index (χ3n) is 1.75. The van der Waals surface area contributed by atoms with Crippen molar-refractivity contribution < 1.29 is 9.47 Å². The molecule has 1 aromatic rings. The van der Waals surface area contributed by atoms with E-state index in [1.807, 2.05) is 32.9 Å². The zero-order valence-electron chi connectivity index (χ0n) is 8.39. The topological polar surface area (TPSA) is 18.5 Å². The van der Waals surface area contributed by atoms with Crippen LogP contribution < -0.4 is 9.47 Å². The average Bonchev–Trinajstić information content (AvgIpc) is 2.13. The van der Waals surface area contributed by atoms with Gasteiger partial charge in [0.05, 0.1) is 13.2 Å². The zero-order valence-corrected chi connectivity index (χ0v) is 8.39. The monoisotopic (exact) mass is 179 g/mol. The third-order valence-corrected chi connectivity index (χ3v) is 1.75. The van der Waals surface area contributed by atoms with Crippen LogP contribution in [0.2, 0.25) is 0 Å². The maximum Gasteiger partial charge on any atom is 0.133 e. The second-order valence-corrected chi connectivity index (χ2v) is 2.66. The second-order valence-electron chi connectivity index (χ2n) is 2.66. The van der Waals surface area contributed by atoms with Crippen molar-refractivity contribution in [2.24, 2.45) is 0 Å². The summed E-state index contributed by atoms with van der Waals surface area (Å²) in [5.74, 6) is 1.66. The fourth-order valence-electron chi connectivity index (χ4n) is 1.14. The first-order valence-electron chi connectivity index (χ1n) is 4.56. The second kappa shape index (κ2) is 4.75. The molecule has 0 saturated heterocycles. The summed E-state index contributed by atoms with van der Waals surface area (Å²) in [6.07, 6.45) is 0. The van der Waals surface area contributed by atoms with Crippen LogP contribution in [-0.2, 0) is 0 Å². The van der Waals surface area contributed by atoms with Crippen molar-refractivity contribution in [3.8, 4) is 11.5 Å². The van der Waals surface area contributed by atoms with Gasteiger partial charge in [-0.1, -0.05) is 0 Å². The van der Waals surface area contributed by atoms with Gasteiger partial charge in [0.1, 0.15) is 11.5 Å². The van der Waals surface area contributed by atoms with Gasteiger partial charge < -0.3 is 9.47 Å². The van der Waals surface area contributed by atoms with Gasteiger partial charge in [-0.3, -0.25) is 0 Å². The molecule has 0 aliphatic heterocycles. The van der Waals surface area contributed by atoms with Crippen LogP contribution >= 0.6 is 0 Å². The summed E-state index contributed by atoms with van der Waals surface area (Å²) in [6.45, 7) is 7.24. The Morgan fingerprint density at radius 1 is 1.23 bits per heavy atom. The van der Waals surface area contributed by atoms with Gasteiger partial charge in [-0.15, -0.1) is 0 Å². The fraction of sp³-hybridized carbons (Fsp3) is 0.455. The van der Waals surface area contributed by atoms with E-state index in [9.17, 15) is 0 Å². The van der Waals surface area contributed by atoms with Crippen LogP contribution in [-0.4, -0.2) is 13.2 Å². The molecule has 13 heavy (non-hydrogen) atoms. The largest absolute Gasteiger partial charge is 0.493 e. The summed E-state index contributed by atoms with van der Waals surface area (Å²) in [7, 11) is 0. The number of rotatable bonds is 4. The summed E-state index contributed by atoms with van der Waals surface area (Å²) in [4.78, 5) is 0. The fourth-order valence-corrected chi connectivity index (χ4v) is 1.14. The number of hydrogen-bond donors (Lipinski definition) is 0. The Hall–Kier alpha value is -1.18. The molecule has 2 nitrogen and oxygen atoms in total. The predicted octanol–water partition coefficient (Wildman–Crippen LogP) is 2.59. The standard InChI is InChI=1S/C11H15O2/c1-4-12-10-7-6-8-11(9(10)3)13-5-2/h6-7H,4-5H2,1-3H3. The molecule has 71 valence electrons. The molecule has 0 saturated carbocycles. The molecule has 1 aromatic carbocycles. The van der Waals surface area contributed by atoms with Crippen molar-refractivity contribution in [1.29, 1.82) is 0 Å². The molecule has 0 amide bonds. The smallest absolute Gasteiger partial charge is 0.133 e. The molecule has 0 unspecified atom stereocenters. The lowest BCUT2D eigenvalue weighted by Crippen LogP contribution is -1.98. The molecule has 0 aromatic heterocycles. The van der Waals surface area contributed by atoms with E-state index >= 15 is 0 Å². The Kier molecular flexibility index (Phi) is 3.62. The van der Waals surface area contributed by atoms with Crippen molar-refractivity contribution in [3.05, 3.63) is 23.8 Å². The van der Waals surface area contributed by atoms with Crippen molar-refractivity contribution in [3.63, 3.8) is 0 Å². The minimum atomic E-state index is 0.660. The Balaban J connectivity index is 2.89. The summed E-state index contributed by atoms with van der Waals surface area (Å²) in [5.41, 5.74) is 1.02. The Bertz CT molecular complexity index is 245. The SMILES string of the molecule is CCOc1[c]ccc(OCC)c1C. The molecule has 1 radical (unpaired) electrons. The summed E-state index contributed by atoms with van der Waals surface area (Å²) >= 11 is 0. The lowest BCUT2D eigenvalue weighted by atomic mass is 10.2. The van der Waals surface area contributed by atoms with E-state index in [1.165, 1.54) is 0 Å². The quantitative estimate of drug-likeness (QED) is 0.707. The highest BCUT2D eigenvalue weighted by Crippen LogP contribution is 2.26. The van der Waals surface area contributed by atoms with Crippen molar-refractivity contribution in [1.82, 2.24) is 0 Å². The molecular formula is C11H15O2. The number of hydrogen-bond acceptors (Lipinski definition) is 2. The average molecular weight is 179 g/mol. The van der Waals surface area contributed by atoms with E-state index in [1.54, 1.807) is 0 Å². The third kappa shape index (κ3) is 2.38. The van der Waals surface area contributed by atoms with Crippen LogP contribution in [0.5, 0.6) is 11.5 Å². The predicted molar refractivity (Wildman–Crippen MR) is 52.4 cm³/mol. The Morgan fingerprint density at radius 3 is 2.54 bits per heavy atom. The zero-order chi connectivity index (χ0) is 9.68. The van der Waals surface area contributed by atoms with E-state index in [0.29, 0.717) is 13.2 Å². The highest BCUT2D eigenvalue weighted by atomic mass is 16.5. The summed E-state index contributed by atoms with van der Waals surface area (Å²) in [6, 6.07) is 6.76. The van der Waals surface area contributed by atoms with Gasteiger partial charge in [0.15, 0.2) is 0 Å². The van der Waals surface area contributed by atoms with Gasteiger partial charge in [0.25, 0.3) is 0 Å². The number of ether oxygens (including phenoxy) is 2. The molecule has 0 aliphatic carbocycles. The highest BCUT2D eigenvalue weighted by Gasteiger charge is 2.04. The van der Waals surface area contributed by atoms with Crippen molar-refractivity contribution in [2.75, 3.05) is 13.2 Å². The van der Waals surface area contributed by atoms with E-state index < -0.39 is 0 Å². The van der Waals surface area contributed by atoms with Crippen molar-refractivity contribution in [2.45, 2.75) is 20.8 Å². The maximum atomic E-state index is 5.42. The first kappa shape index (κ1) is 9.90. The molecule has 0 atom stereocenters. The first-order chi connectivity index (χ1) is 6.29. The Morgan fingerprint density at radius 2 is 1.92 bits per heavy atom. The normalized spacial score (nSPS) is 9.77. The van der Waals surface area contributed by atoms with E-state index in [-0.39, 0.29) is 0 Å². The van der Waals surface area contributed by atoms with Gasteiger partial charge in [0, 0.05) is 11.6 Å². The van der Waals surface area contributed by atoms with Gasteiger partial charge in [0.2, 0.25) is 0 Å². The van der Waals surface area contributed by atoms with Gasteiger partial charge in [-0.05, 0) is 32.9 Å².